The number of pyridine rings is 1. The van der Waals surface area contributed by atoms with Gasteiger partial charge in [0, 0.05) is 11.8 Å². The molecule has 0 aliphatic rings. The van der Waals surface area contributed by atoms with E-state index < -0.39 is 5.97 Å². The van der Waals surface area contributed by atoms with Gasteiger partial charge in [0.15, 0.2) is 0 Å². The molecule has 0 saturated carbocycles. The maximum Gasteiger partial charge on any atom is 0.335 e. The first-order chi connectivity index (χ1) is 8.75. The van der Waals surface area contributed by atoms with Crippen molar-refractivity contribution in [3.63, 3.8) is 0 Å². The Morgan fingerprint density at radius 2 is 1.89 bits per heavy atom. The average molecular weight is 255 g/mol. The van der Waals surface area contributed by atoms with Crippen LogP contribution in [-0.2, 0) is 0 Å². The Balaban J connectivity index is 2.14. The van der Waals surface area contributed by atoms with Crippen LogP contribution in [0.3, 0.4) is 0 Å². The first kappa shape index (κ1) is 10.9. The summed E-state index contributed by atoms with van der Waals surface area (Å²) in [4.78, 5) is 15.1. The molecule has 3 aromatic rings. The second kappa shape index (κ2) is 4.23. The standard InChI is InChI=1S/C14H9NO2S/c16-14(17)10-3-1-9(2-4-10)11-5-7-15-12-6-8-18-13(11)12/h1-8H,(H,16,17). The predicted octanol–water partition coefficient (Wildman–Crippen LogP) is 3.66. The molecule has 0 radical (unpaired) electrons. The van der Waals surface area contributed by atoms with Gasteiger partial charge in [-0.2, -0.15) is 0 Å². The molecule has 0 amide bonds. The summed E-state index contributed by atoms with van der Waals surface area (Å²) in [6, 6.07) is 10.8. The second-order valence-corrected chi connectivity index (χ2v) is 4.79. The van der Waals surface area contributed by atoms with E-state index in [1.165, 1.54) is 0 Å². The number of benzene rings is 1. The van der Waals surface area contributed by atoms with Crippen LogP contribution in [0.5, 0.6) is 0 Å². The number of hydrogen-bond donors (Lipinski definition) is 1. The van der Waals surface area contributed by atoms with Gasteiger partial charge in [0.25, 0.3) is 0 Å². The quantitative estimate of drug-likeness (QED) is 0.760. The monoisotopic (exact) mass is 255 g/mol. The Morgan fingerprint density at radius 3 is 2.61 bits per heavy atom. The van der Waals surface area contributed by atoms with Crippen molar-refractivity contribution in [2.24, 2.45) is 0 Å². The van der Waals surface area contributed by atoms with E-state index in [4.69, 9.17) is 5.11 Å². The van der Waals surface area contributed by atoms with Gasteiger partial charge in [0.05, 0.1) is 15.8 Å². The minimum atomic E-state index is -0.905. The first-order valence-corrected chi connectivity index (χ1v) is 6.29. The van der Waals surface area contributed by atoms with Crippen molar-refractivity contribution in [2.75, 3.05) is 0 Å². The van der Waals surface area contributed by atoms with Crippen LogP contribution in [0.15, 0.2) is 48.0 Å². The van der Waals surface area contributed by atoms with Gasteiger partial charge >= 0.3 is 5.97 Å². The van der Waals surface area contributed by atoms with Crippen molar-refractivity contribution >= 4 is 27.5 Å². The van der Waals surface area contributed by atoms with Gasteiger partial charge in [-0.3, -0.25) is 4.98 Å². The molecule has 0 aliphatic carbocycles. The number of fused-ring (bicyclic) bond motifs is 1. The first-order valence-electron chi connectivity index (χ1n) is 5.41. The number of thiophene rings is 1. The topological polar surface area (TPSA) is 50.2 Å². The predicted molar refractivity (Wildman–Crippen MR) is 72.0 cm³/mol. The van der Waals surface area contributed by atoms with Crippen molar-refractivity contribution in [2.45, 2.75) is 0 Å². The van der Waals surface area contributed by atoms with Gasteiger partial charge in [0.2, 0.25) is 0 Å². The Hall–Kier alpha value is -2.20. The Labute approximate surface area is 107 Å². The molecular weight excluding hydrogens is 246 g/mol. The van der Waals surface area contributed by atoms with Crippen molar-refractivity contribution in [1.82, 2.24) is 4.98 Å². The molecule has 88 valence electrons. The van der Waals surface area contributed by atoms with Gasteiger partial charge < -0.3 is 5.11 Å². The van der Waals surface area contributed by atoms with Crippen molar-refractivity contribution < 1.29 is 9.90 Å². The molecule has 0 unspecified atom stereocenters. The molecule has 0 spiro atoms. The molecule has 3 nitrogen and oxygen atoms in total. The van der Waals surface area contributed by atoms with Crippen LogP contribution in [0, 0.1) is 0 Å². The number of aromatic nitrogens is 1. The van der Waals surface area contributed by atoms with E-state index >= 15 is 0 Å². The smallest absolute Gasteiger partial charge is 0.335 e. The van der Waals surface area contributed by atoms with Gasteiger partial charge in [0.1, 0.15) is 0 Å². The van der Waals surface area contributed by atoms with Crippen LogP contribution in [-0.4, -0.2) is 16.1 Å². The second-order valence-electron chi connectivity index (χ2n) is 3.88. The number of hydrogen-bond acceptors (Lipinski definition) is 3. The van der Waals surface area contributed by atoms with Gasteiger partial charge in [-0.05, 0) is 35.2 Å². The zero-order valence-corrected chi connectivity index (χ0v) is 10.1. The summed E-state index contributed by atoms with van der Waals surface area (Å²) in [5.74, 6) is -0.905. The highest BCUT2D eigenvalue weighted by atomic mass is 32.1. The lowest BCUT2D eigenvalue weighted by molar-refractivity contribution is 0.0697. The molecule has 1 aromatic carbocycles. The number of carboxylic acids is 1. The Kier molecular flexibility index (Phi) is 2.57. The third-order valence-corrected chi connectivity index (χ3v) is 3.72. The van der Waals surface area contributed by atoms with Crippen LogP contribution in [0.1, 0.15) is 10.4 Å². The third kappa shape index (κ3) is 1.76. The van der Waals surface area contributed by atoms with Crippen molar-refractivity contribution in [3.8, 4) is 11.1 Å². The van der Waals surface area contributed by atoms with E-state index in [1.54, 1.807) is 29.7 Å². The largest absolute Gasteiger partial charge is 0.478 e. The Bertz CT molecular complexity index is 716. The molecule has 0 atom stereocenters. The number of nitrogens with zero attached hydrogens (tertiary/aromatic N) is 1. The van der Waals surface area contributed by atoms with Crippen LogP contribution in [0.25, 0.3) is 21.3 Å². The fourth-order valence-electron chi connectivity index (χ4n) is 1.89. The minimum Gasteiger partial charge on any atom is -0.478 e. The van der Waals surface area contributed by atoms with E-state index in [2.05, 4.69) is 4.98 Å². The highest BCUT2D eigenvalue weighted by Gasteiger charge is 2.07. The summed E-state index contributed by atoms with van der Waals surface area (Å²) >= 11 is 1.64. The van der Waals surface area contributed by atoms with E-state index in [0.29, 0.717) is 5.56 Å². The molecular formula is C14H9NO2S. The summed E-state index contributed by atoms with van der Waals surface area (Å²) in [6.07, 6.45) is 1.77. The highest BCUT2D eigenvalue weighted by molar-refractivity contribution is 7.17. The van der Waals surface area contributed by atoms with Crippen LogP contribution >= 0.6 is 11.3 Å². The number of aromatic carboxylic acids is 1. The molecule has 2 heterocycles. The zero-order chi connectivity index (χ0) is 12.5. The van der Waals surface area contributed by atoms with Crippen LogP contribution in [0.4, 0.5) is 0 Å². The molecule has 0 fully saturated rings. The summed E-state index contributed by atoms with van der Waals surface area (Å²) in [5.41, 5.74) is 3.37. The van der Waals surface area contributed by atoms with Crippen LogP contribution < -0.4 is 0 Å². The summed E-state index contributed by atoms with van der Waals surface area (Å²) in [6.45, 7) is 0. The highest BCUT2D eigenvalue weighted by Crippen LogP contribution is 2.31. The molecule has 2 aromatic heterocycles. The SMILES string of the molecule is O=C(O)c1ccc(-c2ccnc3ccsc23)cc1. The fourth-order valence-corrected chi connectivity index (χ4v) is 2.78. The maximum atomic E-state index is 10.8. The van der Waals surface area contributed by atoms with Crippen molar-refractivity contribution in [3.05, 3.63) is 53.5 Å². The lowest BCUT2D eigenvalue weighted by atomic mass is 10.0. The molecule has 18 heavy (non-hydrogen) atoms. The number of carbonyl (C=O) groups is 1. The van der Waals surface area contributed by atoms with E-state index in [0.717, 1.165) is 21.3 Å². The molecule has 0 saturated heterocycles. The average Bonchev–Trinajstić information content (AvgIpc) is 2.87. The van der Waals surface area contributed by atoms with Gasteiger partial charge in [-0.15, -0.1) is 11.3 Å². The lowest BCUT2D eigenvalue weighted by Crippen LogP contribution is -1.94. The van der Waals surface area contributed by atoms with Crippen molar-refractivity contribution in [1.29, 1.82) is 0 Å². The molecule has 0 bridgehead atoms. The van der Waals surface area contributed by atoms with E-state index in [9.17, 15) is 4.79 Å². The molecule has 1 N–H and O–H groups in total. The zero-order valence-electron chi connectivity index (χ0n) is 9.33. The van der Waals surface area contributed by atoms with Crippen LogP contribution in [0.2, 0.25) is 0 Å². The molecule has 0 aliphatic heterocycles. The van der Waals surface area contributed by atoms with Gasteiger partial charge in [-0.1, -0.05) is 12.1 Å². The minimum absolute atomic E-state index is 0.301. The number of rotatable bonds is 2. The molecule has 3 rings (SSSR count). The lowest BCUT2D eigenvalue weighted by Gasteiger charge is -2.03. The van der Waals surface area contributed by atoms with Gasteiger partial charge in [-0.25, -0.2) is 4.79 Å². The molecule has 4 heteroatoms. The summed E-state index contributed by atoms with van der Waals surface area (Å²) < 4.78 is 1.13. The maximum absolute atomic E-state index is 10.8. The fraction of sp³-hybridized carbons (Fsp3) is 0. The summed E-state index contributed by atoms with van der Waals surface area (Å²) in [5, 5.41) is 10.9. The third-order valence-electron chi connectivity index (χ3n) is 2.79. The normalized spacial score (nSPS) is 10.7. The summed E-state index contributed by atoms with van der Waals surface area (Å²) in [7, 11) is 0. The Morgan fingerprint density at radius 1 is 1.11 bits per heavy atom. The van der Waals surface area contributed by atoms with E-state index in [1.807, 2.05) is 29.6 Å². The number of carboxylic acid groups (broad SMARTS) is 1. The van der Waals surface area contributed by atoms with E-state index in [-0.39, 0.29) is 0 Å².